The smallest absolute Gasteiger partial charge is 0.331 e. The minimum atomic E-state index is -3.31. The van der Waals surface area contributed by atoms with E-state index in [2.05, 4.69) is 61.5 Å². The molecule has 1 atom stereocenters. The molecule has 0 heterocycles. The molecule has 0 radical (unpaired) electrons. The SMILES string of the molecule is CCCCCCCCCCCCCCCCCCOP(=O)(CCCCCCCCCCCCCCCCCC)OCc1cc(C(C)(C)C)cc(C(C)(C)C)c1O. The average molecular weight is 805 g/mol. The van der Waals surface area contributed by atoms with Crippen LogP contribution in [0, 0.1) is 0 Å². The number of unbranched alkanes of at least 4 members (excludes halogenated alkanes) is 30. The molecule has 4 nitrogen and oxygen atoms in total. The van der Waals surface area contributed by atoms with Crippen LogP contribution < -0.4 is 0 Å². The molecule has 1 N–H and O–H groups in total. The van der Waals surface area contributed by atoms with Crippen molar-refractivity contribution in [1.82, 2.24) is 0 Å². The van der Waals surface area contributed by atoms with Crippen molar-refractivity contribution in [3.05, 3.63) is 28.8 Å². The highest BCUT2D eigenvalue weighted by Crippen LogP contribution is 2.51. The first-order valence-corrected chi connectivity index (χ1v) is 26.3. The summed E-state index contributed by atoms with van der Waals surface area (Å²) in [5.74, 6) is 0.261. The first-order chi connectivity index (χ1) is 26.8. The first-order valence-electron chi connectivity index (χ1n) is 24.6. The van der Waals surface area contributed by atoms with Crippen molar-refractivity contribution >= 4 is 7.60 Å². The first kappa shape index (κ1) is 53.2. The van der Waals surface area contributed by atoms with Crippen molar-refractivity contribution in [1.29, 1.82) is 0 Å². The average Bonchev–Trinajstić information content (AvgIpc) is 3.14. The predicted octanol–water partition coefficient (Wildman–Crippen LogP) is 18.2. The summed E-state index contributed by atoms with van der Waals surface area (Å²) < 4.78 is 26.7. The number of benzene rings is 1. The molecule has 0 saturated carbocycles. The van der Waals surface area contributed by atoms with Gasteiger partial charge in [0.2, 0.25) is 0 Å². The summed E-state index contributed by atoms with van der Waals surface area (Å²) in [7, 11) is -3.31. The van der Waals surface area contributed by atoms with Crippen LogP contribution >= 0.6 is 7.60 Å². The Morgan fingerprint density at radius 2 is 0.804 bits per heavy atom. The van der Waals surface area contributed by atoms with E-state index in [1.165, 1.54) is 180 Å². The van der Waals surface area contributed by atoms with Crippen LogP contribution in [0.25, 0.3) is 0 Å². The van der Waals surface area contributed by atoms with Gasteiger partial charge in [-0.2, -0.15) is 0 Å². The molecule has 1 aromatic carbocycles. The van der Waals surface area contributed by atoms with Gasteiger partial charge in [0.25, 0.3) is 0 Å². The van der Waals surface area contributed by atoms with Gasteiger partial charge in [-0.1, -0.05) is 254 Å². The van der Waals surface area contributed by atoms with E-state index in [1.54, 1.807) is 0 Å². The Hall–Kier alpha value is -0.830. The van der Waals surface area contributed by atoms with Gasteiger partial charge >= 0.3 is 7.60 Å². The van der Waals surface area contributed by atoms with Gasteiger partial charge in [-0.3, -0.25) is 4.57 Å². The summed E-state index contributed by atoms with van der Waals surface area (Å²) in [6.07, 6.45) is 42.7. The van der Waals surface area contributed by atoms with Crippen molar-refractivity contribution in [3.63, 3.8) is 0 Å². The Morgan fingerprint density at radius 1 is 0.464 bits per heavy atom. The Balaban J connectivity index is 2.50. The van der Waals surface area contributed by atoms with Gasteiger partial charge in [-0.25, -0.2) is 0 Å². The molecule has 0 amide bonds. The highest BCUT2D eigenvalue weighted by atomic mass is 31.2. The standard InChI is InChI=1S/C51H97O4P/c1-9-11-13-15-17-19-21-23-25-27-29-31-33-35-37-39-41-54-56(53,42-40-38-36-34-32-30-28-26-24-22-20-18-16-14-12-10-2)55-45-46-43-47(50(3,4)5)44-48(49(46)52)51(6,7)8/h43-44,52H,9-42,45H2,1-8H3. The second-order valence-electron chi connectivity index (χ2n) is 19.6. The number of phenols is 1. The van der Waals surface area contributed by atoms with Gasteiger partial charge in [0.05, 0.1) is 19.4 Å². The second-order valence-corrected chi connectivity index (χ2v) is 21.8. The van der Waals surface area contributed by atoms with Gasteiger partial charge in [-0.05, 0) is 40.9 Å². The Kier molecular flexibility index (Phi) is 31.3. The third-order valence-electron chi connectivity index (χ3n) is 11.9. The Morgan fingerprint density at radius 3 is 1.14 bits per heavy atom. The van der Waals surface area contributed by atoms with E-state index >= 15 is 0 Å². The minimum absolute atomic E-state index is 0.0799. The molecule has 1 rings (SSSR count). The number of phenolic OH excluding ortho intramolecular Hbond substituents is 1. The minimum Gasteiger partial charge on any atom is -0.507 e. The molecule has 0 aliphatic heterocycles. The summed E-state index contributed by atoms with van der Waals surface area (Å²) in [4.78, 5) is 0. The lowest BCUT2D eigenvalue weighted by molar-refractivity contribution is 0.192. The number of hydrogen-bond donors (Lipinski definition) is 1. The van der Waals surface area contributed by atoms with Crippen LogP contribution in [0.15, 0.2) is 12.1 Å². The lowest BCUT2D eigenvalue weighted by Crippen LogP contribution is -2.17. The van der Waals surface area contributed by atoms with Crippen LogP contribution in [0.2, 0.25) is 0 Å². The molecule has 56 heavy (non-hydrogen) atoms. The van der Waals surface area contributed by atoms with E-state index in [4.69, 9.17) is 9.05 Å². The van der Waals surface area contributed by atoms with Crippen LogP contribution in [0.5, 0.6) is 5.75 Å². The fraction of sp³-hybridized carbons (Fsp3) is 0.882. The number of hydrogen-bond acceptors (Lipinski definition) is 4. The molecule has 0 aliphatic rings. The molecule has 1 unspecified atom stereocenters. The topological polar surface area (TPSA) is 55.8 Å². The zero-order valence-electron chi connectivity index (χ0n) is 39.0. The van der Waals surface area contributed by atoms with Crippen LogP contribution in [-0.4, -0.2) is 17.9 Å². The van der Waals surface area contributed by atoms with Gasteiger partial charge in [0.15, 0.2) is 0 Å². The van der Waals surface area contributed by atoms with E-state index < -0.39 is 7.60 Å². The summed E-state index contributed by atoms with van der Waals surface area (Å²) in [6.45, 7) is 18.1. The van der Waals surface area contributed by atoms with Crippen molar-refractivity contribution in [2.45, 2.75) is 278 Å². The zero-order chi connectivity index (χ0) is 41.4. The molecule has 330 valence electrons. The van der Waals surface area contributed by atoms with Gasteiger partial charge in [-0.15, -0.1) is 0 Å². The van der Waals surface area contributed by atoms with E-state index in [9.17, 15) is 9.67 Å². The summed E-state index contributed by atoms with van der Waals surface area (Å²) in [5.41, 5.74) is 2.47. The molecule has 1 aromatic rings. The molecular formula is C51H97O4P. The van der Waals surface area contributed by atoms with Crippen molar-refractivity contribution in [2.75, 3.05) is 12.8 Å². The highest BCUT2D eigenvalue weighted by molar-refractivity contribution is 7.53. The van der Waals surface area contributed by atoms with Gasteiger partial charge in [0.1, 0.15) is 5.75 Å². The van der Waals surface area contributed by atoms with Crippen molar-refractivity contribution in [3.8, 4) is 5.75 Å². The third kappa shape index (κ3) is 27.8. The van der Waals surface area contributed by atoms with Crippen LogP contribution in [-0.2, 0) is 31.0 Å². The summed E-state index contributed by atoms with van der Waals surface area (Å²) in [5, 5.41) is 11.4. The van der Waals surface area contributed by atoms with E-state index in [-0.39, 0.29) is 23.2 Å². The van der Waals surface area contributed by atoms with Gasteiger partial charge < -0.3 is 14.2 Å². The lowest BCUT2D eigenvalue weighted by Gasteiger charge is -2.28. The van der Waals surface area contributed by atoms with Crippen LogP contribution in [0.1, 0.15) is 278 Å². The predicted molar refractivity (Wildman–Crippen MR) is 248 cm³/mol. The molecule has 0 aromatic heterocycles. The largest absolute Gasteiger partial charge is 0.507 e. The quantitative estimate of drug-likeness (QED) is 0.0534. The molecular weight excluding hydrogens is 708 g/mol. The van der Waals surface area contributed by atoms with Crippen LogP contribution in [0.3, 0.4) is 0 Å². The van der Waals surface area contributed by atoms with E-state index in [1.807, 2.05) is 6.07 Å². The zero-order valence-corrected chi connectivity index (χ0v) is 39.9. The number of aromatic hydroxyl groups is 1. The second kappa shape index (κ2) is 33.0. The fourth-order valence-corrected chi connectivity index (χ4v) is 9.54. The number of rotatable bonds is 38. The van der Waals surface area contributed by atoms with Crippen molar-refractivity contribution in [2.24, 2.45) is 0 Å². The maximum Gasteiger partial charge on any atom is 0.331 e. The fourth-order valence-electron chi connectivity index (χ4n) is 7.85. The van der Waals surface area contributed by atoms with E-state index in [0.717, 1.165) is 36.8 Å². The summed E-state index contributed by atoms with van der Waals surface area (Å²) >= 11 is 0. The molecule has 0 saturated heterocycles. The monoisotopic (exact) mass is 805 g/mol. The normalized spacial score (nSPS) is 13.4. The molecule has 0 aliphatic carbocycles. The Labute approximate surface area is 350 Å². The maximum absolute atomic E-state index is 14.2. The van der Waals surface area contributed by atoms with Crippen LogP contribution in [0.4, 0.5) is 0 Å². The van der Waals surface area contributed by atoms with Gasteiger partial charge in [0, 0.05) is 5.56 Å². The lowest BCUT2D eigenvalue weighted by atomic mass is 9.79. The molecule has 5 heteroatoms. The molecule has 0 fully saturated rings. The maximum atomic E-state index is 14.2. The van der Waals surface area contributed by atoms with Crippen molar-refractivity contribution < 1.29 is 18.7 Å². The molecule has 0 spiro atoms. The molecule has 0 bridgehead atoms. The summed E-state index contributed by atoms with van der Waals surface area (Å²) in [6, 6.07) is 4.17. The van der Waals surface area contributed by atoms with E-state index in [0.29, 0.717) is 18.3 Å². The third-order valence-corrected chi connectivity index (χ3v) is 13.8. The highest BCUT2D eigenvalue weighted by Gasteiger charge is 2.28. The Bertz CT molecular complexity index is 1100.